The van der Waals surface area contributed by atoms with Gasteiger partial charge in [0.05, 0.1) is 5.56 Å². The molecule has 0 N–H and O–H groups in total. The van der Waals surface area contributed by atoms with Crippen LogP contribution in [0.4, 0.5) is 0 Å². The third-order valence-corrected chi connectivity index (χ3v) is 3.77. The number of hydrogen-bond donors (Lipinski definition) is 0. The van der Waals surface area contributed by atoms with Gasteiger partial charge in [-0.05, 0) is 48.3 Å². The standard InChI is InChI=1S/C13H17Br2NO/c1-10(2)16(9-5-8-14)13(17)11-6-3-4-7-12(11)15/h3-4,6-7,10H,5,8-9H2,1-2H3. The van der Waals surface area contributed by atoms with E-state index in [0.717, 1.165) is 28.3 Å². The first kappa shape index (κ1) is 14.7. The van der Waals surface area contributed by atoms with Crippen LogP contribution in [0.15, 0.2) is 28.7 Å². The molecule has 0 fully saturated rings. The highest BCUT2D eigenvalue weighted by molar-refractivity contribution is 9.10. The van der Waals surface area contributed by atoms with Crippen molar-refractivity contribution in [2.45, 2.75) is 26.3 Å². The van der Waals surface area contributed by atoms with E-state index in [0.29, 0.717) is 0 Å². The van der Waals surface area contributed by atoms with Gasteiger partial charge >= 0.3 is 0 Å². The molecule has 1 amide bonds. The lowest BCUT2D eigenvalue weighted by molar-refractivity contribution is 0.0706. The molecule has 0 aliphatic rings. The highest BCUT2D eigenvalue weighted by Gasteiger charge is 2.19. The van der Waals surface area contributed by atoms with E-state index in [9.17, 15) is 4.79 Å². The van der Waals surface area contributed by atoms with Crippen molar-refractivity contribution in [2.75, 3.05) is 11.9 Å². The highest BCUT2D eigenvalue weighted by Crippen LogP contribution is 2.19. The lowest BCUT2D eigenvalue weighted by atomic mass is 10.1. The SMILES string of the molecule is CC(C)N(CCCBr)C(=O)c1ccccc1Br. The molecule has 2 nitrogen and oxygen atoms in total. The molecule has 0 saturated carbocycles. The zero-order chi connectivity index (χ0) is 12.8. The van der Waals surface area contributed by atoms with Crippen molar-refractivity contribution in [1.82, 2.24) is 4.90 Å². The number of amides is 1. The van der Waals surface area contributed by atoms with E-state index in [-0.39, 0.29) is 11.9 Å². The average Bonchev–Trinajstić information content (AvgIpc) is 2.29. The second-order valence-corrected chi connectivity index (χ2v) is 5.76. The summed E-state index contributed by atoms with van der Waals surface area (Å²) in [4.78, 5) is 14.3. The minimum Gasteiger partial charge on any atom is -0.336 e. The van der Waals surface area contributed by atoms with Gasteiger partial charge in [-0.3, -0.25) is 4.79 Å². The van der Waals surface area contributed by atoms with Gasteiger partial charge in [0.25, 0.3) is 5.91 Å². The maximum absolute atomic E-state index is 12.4. The topological polar surface area (TPSA) is 20.3 Å². The molecule has 0 atom stereocenters. The van der Waals surface area contributed by atoms with E-state index in [2.05, 4.69) is 31.9 Å². The molecule has 0 bridgehead atoms. The van der Waals surface area contributed by atoms with Crippen LogP contribution in [0, 0.1) is 0 Å². The Labute approximate surface area is 120 Å². The molecular weight excluding hydrogens is 346 g/mol. The smallest absolute Gasteiger partial charge is 0.255 e. The Morgan fingerprint density at radius 3 is 2.53 bits per heavy atom. The van der Waals surface area contributed by atoms with Crippen LogP contribution in [0.2, 0.25) is 0 Å². The van der Waals surface area contributed by atoms with E-state index < -0.39 is 0 Å². The Morgan fingerprint density at radius 1 is 1.35 bits per heavy atom. The summed E-state index contributed by atoms with van der Waals surface area (Å²) in [5.74, 6) is 0.0911. The van der Waals surface area contributed by atoms with Crippen LogP contribution in [0.1, 0.15) is 30.6 Å². The molecule has 1 aromatic carbocycles. The van der Waals surface area contributed by atoms with Gasteiger partial charge in [0.15, 0.2) is 0 Å². The van der Waals surface area contributed by atoms with Crippen LogP contribution >= 0.6 is 31.9 Å². The minimum absolute atomic E-state index is 0.0911. The number of halogens is 2. The fraction of sp³-hybridized carbons (Fsp3) is 0.462. The third-order valence-electron chi connectivity index (χ3n) is 2.52. The summed E-state index contributed by atoms with van der Waals surface area (Å²) in [5, 5.41) is 0.916. The monoisotopic (exact) mass is 361 g/mol. The summed E-state index contributed by atoms with van der Waals surface area (Å²) in [6, 6.07) is 7.78. The fourth-order valence-corrected chi connectivity index (χ4v) is 2.32. The van der Waals surface area contributed by atoms with Crippen LogP contribution in [0.5, 0.6) is 0 Å². The Bertz CT molecular complexity index is 379. The first-order valence-corrected chi connectivity index (χ1v) is 7.60. The van der Waals surface area contributed by atoms with Gasteiger partial charge in [0.1, 0.15) is 0 Å². The van der Waals surface area contributed by atoms with Crippen LogP contribution in [0.25, 0.3) is 0 Å². The Kier molecular flexibility index (Phi) is 6.20. The molecule has 0 aliphatic carbocycles. The summed E-state index contributed by atoms with van der Waals surface area (Å²) >= 11 is 6.83. The molecule has 0 aliphatic heterocycles. The maximum atomic E-state index is 12.4. The molecule has 0 heterocycles. The van der Waals surface area contributed by atoms with Gasteiger partial charge in [-0.1, -0.05) is 28.1 Å². The van der Waals surface area contributed by atoms with E-state index in [1.54, 1.807) is 0 Å². The average molecular weight is 363 g/mol. The number of rotatable bonds is 5. The molecule has 0 spiro atoms. The van der Waals surface area contributed by atoms with E-state index in [4.69, 9.17) is 0 Å². The molecule has 1 rings (SSSR count). The molecule has 0 aromatic heterocycles. The number of benzene rings is 1. The summed E-state index contributed by atoms with van der Waals surface area (Å²) in [5.41, 5.74) is 0.732. The van der Waals surface area contributed by atoms with Crippen molar-refractivity contribution in [1.29, 1.82) is 0 Å². The molecule has 94 valence electrons. The fourth-order valence-electron chi connectivity index (χ4n) is 1.61. The summed E-state index contributed by atoms with van der Waals surface area (Å²) in [6.07, 6.45) is 0.967. The van der Waals surface area contributed by atoms with Gasteiger partial charge in [0, 0.05) is 22.4 Å². The Balaban J connectivity index is 2.88. The minimum atomic E-state index is 0.0911. The maximum Gasteiger partial charge on any atom is 0.255 e. The van der Waals surface area contributed by atoms with Crippen molar-refractivity contribution in [3.63, 3.8) is 0 Å². The highest BCUT2D eigenvalue weighted by atomic mass is 79.9. The predicted molar refractivity (Wildman–Crippen MR) is 78.7 cm³/mol. The normalized spacial score (nSPS) is 10.6. The van der Waals surface area contributed by atoms with E-state index in [1.165, 1.54) is 0 Å². The number of carbonyl (C=O) groups excluding carboxylic acids is 1. The van der Waals surface area contributed by atoms with Gasteiger partial charge in [-0.2, -0.15) is 0 Å². The van der Waals surface area contributed by atoms with Crippen LogP contribution < -0.4 is 0 Å². The molecule has 1 aromatic rings. The Hall–Kier alpha value is -0.350. The van der Waals surface area contributed by atoms with Crippen molar-refractivity contribution in [3.8, 4) is 0 Å². The van der Waals surface area contributed by atoms with Crippen LogP contribution in [-0.2, 0) is 0 Å². The van der Waals surface area contributed by atoms with Gasteiger partial charge < -0.3 is 4.90 Å². The number of alkyl halides is 1. The van der Waals surface area contributed by atoms with E-state index in [1.807, 2.05) is 43.0 Å². The van der Waals surface area contributed by atoms with E-state index >= 15 is 0 Å². The lowest BCUT2D eigenvalue weighted by Gasteiger charge is -2.27. The zero-order valence-electron chi connectivity index (χ0n) is 10.1. The third kappa shape index (κ3) is 4.11. The largest absolute Gasteiger partial charge is 0.336 e. The molecule has 0 unspecified atom stereocenters. The number of hydrogen-bond acceptors (Lipinski definition) is 1. The van der Waals surface area contributed by atoms with Crippen LogP contribution in [-0.4, -0.2) is 28.7 Å². The molecule has 0 saturated heterocycles. The second kappa shape index (κ2) is 7.17. The summed E-state index contributed by atoms with van der Waals surface area (Å²) < 4.78 is 0.856. The van der Waals surface area contributed by atoms with Crippen LogP contribution in [0.3, 0.4) is 0 Å². The van der Waals surface area contributed by atoms with Gasteiger partial charge in [-0.15, -0.1) is 0 Å². The first-order chi connectivity index (χ1) is 8.07. The number of carbonyl (C=O) groups is 1. The van der Waals surface area contributed by atoms with Crippen molar-refractivity contribution in [2.24, 2.45) is 0 Å². The number of nitrogens with zero attached hydrogens (tertiary/aromatic N) is 1. The zero-order valence-corrected chi connectivity index (χ0v) is 13.3. The predicted octanol–water partition coefficient (Wildman–Crippen LogP) is 4.08. The summed E-state index contributed by atoms with van der Waals surface area (Å²) in [6.45, 7) is 4.87. The molecular formula is C13H17Br2NO. The summed E-state index contributed by atoms with van der Waals surface area (Å²) in [7, 11) is 0. The molecule has 17 heavy (non-hydrogen) atoms. The van der Waals surface area contributed by atoms with Gasteiger partial charge in [-0.25, -0.2) is 0 Å². The Morgan fingerprint density at radius 2 is 2.00 bits per heavy atom. The van der Waals surface area contributed by atoms with Crippen molar-refractivity contribution in [3.05, 3.63) is 34.3 Å². The van der Waals surface area contributed by atoms with Gasteiger partial charge in [0.2, 0.25) is 0 Å². The second-order valence-electron chi connectivity index (χ2n) is 4.11. The van der Waals surface area contributed by atoms with Crippen molar-refractivity contribution < 1.29 is 4.79 Å². The lowest BCUT2D eigenvalue weighted by Crippen LogP contribution is -2.38. The van der Waals surface area contributed by atoms with Crippen molar-refractivity contribution >= 4 is 37.8 Å². The first-order valence-electron chi connectivity index (χ1n) is 5.69. The molecule has 0 radical (unpaired) electrons. The quantitative estimate of drug-likeness (QED) is 0.722. The molecule has 4 heteroatoms.